The molecule has 1 N–H and O–H groups in total. The minimum absolute atomic E-state index is 0.511. The minimum atomic E-state index is -0.511. The number of halogens is 1. The van der Waals surface area contributed by atoms with Crippen molar-refractivity contribution in [3.8, 4) is 0 Å². The molecule has 1 aromatic heterocycles. The van der Waals surface area contributed by atoms with Gasteiger partial charge in [-0.05, 0) is 58.0 Å². The summed E-state index contributed by atoms with van der Waals surface area (Å²) in [7, 11) is 0. The van der Waals surface area contributed by atoms with Gasteiger partial charge in [0.05, 0.1) is 11.6 Å². The van der Waals surface area contributed by atoms with Crippen molar-refractivity contribution >= 4 is 33.5 Å². The highest BCUT2D eigenvalue weighted by atomic mass is 127. The Bertz CT molecular complexity index is 719. The molecule has 0 saturated carbocycles. The van der Waals surface area contributed by atoms with E-state index in [-0.39, 0.29) is 0 Å². The van der Waals surface area contributed by atoms with Gasteiger partial charge in [0.2, 0.25) is 0 Å². The van der Waals surface area contributed by atoms with E-state index in [9.17, 15) is 5.11 Å². The number of para-hydroxylation sites is 1. The maximum atomic E-state index is 10.5. The average molecular weight is 375 g/mol. The van der Waals surface area contributed by atoms with Gasteiger partial charge in [0.1, 0.15) is 0 Å². The first-order valence-corrected chi connectivity index (χ1v) is 7.58. The van der Waals surface area contributed by atoms with Crippen molar-refractivity contribution in [1.82, 2.24) is 4.98 Å². The molecule has 3 aromatic rings. The zero-order chi connectivity index (χ0) is 13.9. The van der Waals surface area contributed by atoms with Crippen molar-refractivity contribution in [2.75, 3.05) is 0 Å². The number of nitrogens with zero attached hydrogens (tertiary/aromatic N) is 1. The Morgan fingerprint density at radius 2 is 1.75 bits per heavy atom. The van der Waals surface area contributed by atoms with Crippen LogP contribution < -0.4 is 0 Å². The summed E-state index contributed by atoms with van der Waals surface area (Å²) in [6.07, 6.45) is 1.86. The van der Waals surface area contributed by atoms with Crippen LogP contribution in [0.4, 0.5) is 0 Å². The van der Waals surface area contributed by atoms with Gasteiger partial charge in [0.15, 0.2) is 0 Å². The zero-order valence-corrected chi connectivity index (χ0v) is 13.0. The molecule has 0 fully saturated rings. The van der Waals surface area contributed by atoms with Gasteiger partial charge in [-0.25, -0.2) is 0 Å². The molecule has 2 nitrogen and oxygen atoms in total. The van der Waals surface area contributed by atoms with Crippen molar-refractivity contribution < 1.29 is 5.11 Å². The van der Waals surface area contributed by atoms with E-state index in [0.29, 0.717) is 6.42 Å². The third-order valence-electron chi connectivity index (χ3n) is 3.38. The second-order valence-electron chi connectivity index (χ2n) is 4.76. The second kappa shape index (κ2) is 5.89. The third-order valence-corrected chi connectivity index (χ3v) is 4.10. The molecule has 0 aliphatic carbocycles. The smallest absolute Gasteiger partial charge is 0.0837 e. The molecule has 1 atom stereocenters. The normalized spacial score (nSPS) is 12.5. The highest BCUT2D eigenvalue weighted by Gasteiger charge is 2.12. The molecule has 20 heavy (non-hydrogen) atoms. The van der Waals surface area contributed by atoms with E-state index in [0.717, 1.165) is 22.0 Å². The van der Waals surface area contributed by atoms with Crippen molar-refractivity contribution in [2.24, 2.45) is 0 Å². The predicted molar refractivity (Wildman–Crippen MR) is 89.6 cm³/mol. The summed E-state index contributed by atoms with van der Waals surface area (Å²) in [6.45, 7) is 0. The first kappa shape index (κ1) is 13.5. The maximum Gasteiger partial charge on any atom is 0.0837 e. The lowest BCUT2D eigenvalue weighted by Crippen LogP contribution is -2.03. The molecule has 3 heteroatoms. The molecule has 3 rings (SSSR count). The van der Waals surface area contributed by atoms with Crippen molar-refractivity contribution in [1.29, 1.82) is 0 Å². The van der Waals surface area contributed by atoms with Crippen LogP contribution in [0, 0.1) is 3.57 Å². The summed E-state index contributed by atoms with van der Waals surface area (Å²) in [5, 5.41) is 11.5. The number of fused-ring (bicyclic) bond motifs is 1. The van der Waals surface area contributed by atoms with Gasteiger partial charge >= 0.3 is 0 Å². The molecule has 1 heterocycles. The van der Waals surface area contributed by atoms with E-state index in [2.05, 4.69) is 51.8 Å². The Morgan fingerprint density at radius 1 is 1.00 bits per heavy atom. The van der Waals surface area contributed by atoms with Crippen LogP contribution in [0.15, 0.2) is 60.8 Å². The SMILES string of the molecule is OC(Cc1ccc(I)cc1)c1ccnc2ccccc12. The van der Waals surface area contributed by atoms with Crippen LogP contribution in [-0.2, 0) is 6.42 Å². The van der Waals surface area contributed by atoms with E-state index in [1.807, 2.05) is 30.3 Å². The first-order chi connectivity index (χ1) is 9.74. The van der Waals surface area contributed by atoms with Gasteiger partial charge in [-0.2, -0.15) is 0 Å². The standard InChI is InChI=1S/C17H14INO/c18-13-7-5-12(6-8-13)11-17(20)15-9-10-19-16-4-2-1-3-14(15)16/h1-10,17,20H,11H2. The molecule has 0 aliphatic heterocycles. The minimum Gasteiger partial charge on any atom is -0.388 e. The largest absolute Gasteiger partial charge is 0.388 e. The summed E-state index contributed by atoms with van der Waals surface area (Å²) in [6, 6.07) is 18.1. The highest BCUT2D eigenvalue weighted by Crippen LogP contribution is 2.25. The zero-order valence-electron chi connectivity index (χ0n) is 10.8. The van der Waals surface area contributed by atoms with Gasteiger partial charge in [-0.15, -0.1) is 0 Å². The number of hydrogen-bond donors (Lipinski definition) is 1. The number of aromatic nitrogens is 1. The van der Waals surface area contributed by atoms with Gasteiger partial charge in [0, 0.05) is 21.6 Å². The molecule has 0 spiro atoms. The van der Waals surface area contributed by atoms with Crippen LogP contribution in [0.1, 0.15) is 17.2 Å². The van der Waals surface area contributed by atoms with E-state index in [4.69, 9.17) is 0 Å². The maximum absolute atomic E-state index is 10.5. The molecule has 0 saturated heterocycles. The van der Waals surface area contributed by atoms with Gasteiger partial charge < -0.3 is 5.11 Å². The summed E-state index contributed by atoms with van der Waals surface area (Å²) in [5.41, 5.74) is 3.00. The van der Waals surface area contributed by atoms with Crippen LogP contribution in [0.5, 0.6) is 0 Å². The highest BCUT2D eigenvalue weighted by molar-refractivity contribution is 14.1. The summed E-state index contributed by atoms with van der Waals surface area (Å²) < 4.78 is 1.20. The summed E-state index contributed by atoms with van der Waals surface area (Å²) in [5.74, 6) is 0. The number of benzene rings is 2. The monoisotopic (exact) mass is 375 g/mol. The quantitative estimate of drug-likeness (QED) is 0.699. The predicted octanol–water partition coefficient (Wildman–Crippen LogP) is 4.12. The van der Waals surface area contributed by atoms with Gasteiger partial charge in [-0.3, -0.25) is 4.98 Å². The first-order valence-electron chi connectivity index (χ1n) is 6.50. The molecule has 0 bridgehead atoms. The van der Waals surface area contributed by atoms with Crippen LogP contribution in [0.25, 0.3) is 10.9 Å². The molecular weight excluding hydrogens is 361 g/mol. The Hall–Kier alpha value is -1.46. The number of aliphatic hydroxyl groups is 1. The lowest BCUT2D eigenvalue weighted by molar-refractivity contribution is 0.180. The molecule has 0 amide bonds. The average Bonchev–Trinajstić information content (AvgIpc) is 2.49. The van der Waals surface area contributed by atoms with Crippen molar-refractivity contribution in [3.63, 3.8) is 0 Å². The molecule has 2 aromatic carbocycles. The topological polar surface area (TPSA) is 33.1 Å². The van der Waals surface area contributed by atoms with Gasteiger partial charge in [0.25, 0.3) is 0 Å². The fourth-order valence-corrected chi connectivity index (χ4v) is 2.72. The lowest BCUT2D eigenvalue weighted by atomic mass is 9.98. The third kappa shape index (κ3) is 2.83. The van der Waals surface area contributed by atoms with Crippen LogP contribution in [0.3, 0.4) is 0 Å². The molecule has 0 radical (unpaired) electrons. The number of rotatable bonds is 3. The summed E-state index contributed by atoms with van der Waals surface area (Å²) >= 11 is 2.28. The van der Waals surface area contributed by atoms with E-state index >= 15 is 0 Å². The van der Waals surface area contributed by atoms with E-state index in [1.54, 1.807) is 6.20 Å². The fraction of sp³-hybridized carbons (Fsp3) is 0.118. The second-order valence-corrected chi connectivity index (χ2v) is 6.01. The Balaban J connectivity index is 1.92. The van der Waals surface area contributed by atoms with Crippen molar-refractivity contribution in [2.45, 2.75) is 12.5 Å². The van der Waals surface area contributed by atoms with Crippen LogP contribution >= 0.6 is 22.6 Å². The molecular formula is C17H14INO. The number of pyridine rings is 1. The Labute approximate surface area is 131 Å². The van der Waals surface area contributed by atoms with Crippen molar-refractivity contribution in [3.05, 3.63) is 75.5 Å². The molecule has 1 unspecified atom stereocenters. The molecule has 0 aliphatic rings. The van der Waals surface area contributed by atoms with Crippen LogP contribution in [0.2, 0.25) is 0 Å². The number of aliphatic hydroxyl groups excluding tert-OH is 1. The fourth-order valence-electron chi connectivity index (χ4n) is 2.36. The van der Waals surface area contributed by atoms with E-state index in [1.165, 1.54) is 3.57 Å². The van der Waals surface area contributed by atoms with Crippen LogP contribution in [-0.4, -0.2) is 10.1 Å². The number of hydrogen-bond acceptors (Lipinski definition) is 2. The van der Waals surface area contributed by atoms with Gasteiger partial charge in [-0.1, -0.05) is 30.3 Å². The Morgan fingerprint density at radius 3 is 2.55 bits per heavy atom. The molecule has 100 valence electrons. The summed E-state index contributed by atoms with van der Waals surface area (Å²) in [4.78, 5) is 4.33. The Kier molecular flexibility index (Phi) is 3.98. The lowest BCUT2D eigenvalue weighted by Gasteiger charge is -2.13. The van der Waals surface area contributed by atoms with E-state index < -0.39 is 6.10 Å².